The molecule has 0 saturated carbocycles. The van der Waals surface area contributed by atoms with Gasteiger partial charge in [0.05, 0.1) is 16.6 Å². The van der Waals surface area contributed by atoms with E-state index >= 15 is 0 Å². The minimum atomic E-state index is -4.38. The van der Waals surface area contributed by atoms with Crippen molar-refractivity contribution in [1.29, 1.82) is 0 Å². The van der Waals surface area contributed by atoms with Gasteiger partial charge in [0.1, 0.15) is 0 Å². The smallest absolute Gasteiger partial charge is 0.340 e. The van der Waals surface area contributed by atoms with Crippen molar-refractivity contribution >= 4 is 23.3 Å². The molecular weight excluding hydrogens is 305 g/mol. The number of hydrogen-bond acceptors (Lipinski definition) is 4. The summed E-state index contributed by atoms with van der Waals surface area (Å²) in [6.07, 6.45) is -2.64. The maximum Gasteiger partial charge on any atom is 0.416 e. The minimum absolute atomic E-state index is 0.348. The summed E-state index contributed by atoms with van der Waals surface area (Å²) in [5.74, 6) is 0.443. The fourth-order valence-electron chi connectivity index (χ4n) is 2.08. The second-order valence-electron chi connectivity index (χ2n) is 4.40. The molecule has 3 aromatic rings. The molecule has 0 bridgehead atoms. The van der Waals surface area contributed by atoms with Crippen LogP contribution in [-0.4, -0.2) is 19.7 Å². The van der Waals surface area contributed by atoms with E-state index < -0.39 is 11.7 Å². The van der Waals surface area contributed by atoms with Crippen LogP contribution in [0.25, 0.3) is 11.0 Å². The SMILES string of the molecule is FC(F)(F)c1ccc2c(c1)[nH]c(=S)n2CCc1ncno1. The van der Waals surface area contributed by atoms with E-state index in [-0.39, 0.29) is 0 Å². The van der Waals surface area contributed by atoms with Gasteiger partial charge in [-0.3, -0.25) is 0 Å². The van der Waals surface area contributed by atoms with Crippen LogP contribution in [0, 0.1) is 4.77 Å². The lowest BCUT2D eigenvalue weighted by Crippen LogP contribution is -2.05. The van der Waals surface area contributed by atoms with E-state index in [0.717, 1.165) is 12.1 Å². The molecule has 9 heteroatoms. The van der Waals surface area contributed by atoms with Gasteiger partial charge in [0.25, 0.3) is 0 Å². The molecule has 0 spiro atoms. The van der Waals surface area contributed by atoms with E-state index in [1.807, 2.05) is 0 Å². The molecule has 0 saturated heterocycles. The van der Waals surface area contributed by atoms with Crippen molar-refractivity contribution in [2.75, 3.05) is 0 Å². The van der Waals surface area contributed by atoms with Crippen molar-refractivity contribution in [2.45, 2.75) is 19.1 Å². The van der Waals surface area contributed by atoms with E-state index in [0.29, 0.717) is 34.7 Å². The van der Waals surface area contributed by atoms with Gasteiger partial charge in [-0.25, -0.2) is 0 Å². The molecule has 0 aliphatic heterocycles. The van der Waals surface area contributed by atoms with Crippen LogP contribution in [0.5, 0.6) is 0 Å². The first-order valence-corrected chi connectivity index (χ1v) is 6.41. The summed E-state index contributed by atoms with van der Waals surface area (Å²) in [7, 11) is 0. The number of imidazole rings is 1. The van der Waals surface area contributed by atoms with E-state index in [1.165, 1.54) is 12.4 Å². The Kier molecular flexibility index (Phi) is 3.28. The monoisotopic (exact) mass is 314 g/mol. The average molecular weight is 314 g/mol. The van der Waals surface area contributed by atoms with Crippen LogP contribution in [0.2, 0.25) is 0 Å². The zero-order valence-corrected chi connectivity index (χ0v) is 11.3. The summed E-state index contributed by atoms with van der Waals surface area (Å²) in [5, 5.41) is 3.49. The van der Waals surface area contributed by atoms with Gasteiger partial charge in [0, 0.05) is 13.0 Å². The topological polar surface area (TPSA) is 59.6 Å². The van der Waals surface area contributed by atoms with Crippen LogP contribution in [0.4, 0.5) is 13.2 Å². The lowest BCUT2D eigenvalue weighted by atomic mass is 10.2. The van der Waals surface area contributed by atoms with Crippen molar-refractivity contribution in [1.82, 2.24) is 19.7 Å². The number of aromatic amines is 1. The molecule has 110 valence electrons. The standard InChI is InChI=1S/C12H9F3N4OS/c13-12(14,15)7-1-2-9-8(5-7)18-11(21)19(9)4-3-10-16-6-17-20-10/h1-2,5-6H,3-4H2,(H,18,21). The van der Waals surface area contributed by atoms with Crippen LogP contribution in [0.15, 0.2) is 29.0 Å². The van der Waals surface area contributed by atoms with E-state index in [4.69, 9.17) is 16.7 Å². The predicted octanol–water partition coefficient (Wildman–Crippen LogP) is 3.34. The van der Waals surface area contributed by atoms with Crippen LogP contribution in [0.1, 0.15) is 11.5 Å². The van der Waals surface area contributed by atoms with Crippen molar-refractivity contribution in [3.63, 3.8) is 0 Å². The van der Waals surface area contributed by atoms with Gasteiger partial charge in [-0.05, 0) is 30.4 Å². The number of nitrogens with zero attached hydrogens (tertiary/aromatic N) is 3. The van der Waals surface area contributed by atoms with Gasteiger partial charge in [0.2, 0.25) is 5.89 Å². The first-order chi connectivity index (χ1) is 9.95. The van der Waals surface area contributed by atoms with Crippen LogP contribution in [0.3, 0.4) is 0 Å². The highest BCUT2D eigenvalue weighted by Gasteiger charge is 2.30. The predicted molar refractivity (Wildman–Crippen MR) is 70.1 cm³/mol. The molecule has 3 rings (SSSR count). The number of alkyl halides is 3. The normalized spacial score (nSPS) is 12.1. The fourth-order valence-corrected chi connectivity index (χ4v) is 2.38. The highest BCUT2D eigenvalue weighted by molar-refractivity contribution is 7.71. The number of nitrogens with one attached hydrogen (secondary N) is 1. The minimum Gasteiger partial charge on any atom is -0.340 e. The van der Waals surface area contributed by atoms with Gasteiger partial charge in [-0.2, -0.15) is 18.2 Å². The summed E-state index contributed by atoms with van der Waals surface area (Å²) in [6.45, 7) is 0.437. The number of hydrogen-bond donors (Lipinski definition) is 1. The van der Waals surface area contributed by atoms with Gasteiger partial charge in [-0.1, -0.05) is 5.16 Å². The summed E-state index contributed by atoms with van der Waals surface area (Å²) in [6, 6.07) is 3.49. The second-order valence-corrected chi connectivity index (χ2v) is 4.78. The maximum absolute atomic E-state index is 12.7. The summed E-state index contributed by atoms with van der Waals surface area (Å²) in [5.41, 5.74) is 0.239. The first kappa shape index (κ1) is 13.8. The van der Waals surface area contributed by atoms with Crippen LogP contribution >= 0.6 is 12.2 Å². The van der Waals surface area contributed by atoms with E-state index in [1.54, 1.807) is 4.57 Å². The molecule has 21 heavy (non-hydrogen) atoms. The molecule has 5 nitrogen and oxygen atoms in total. The Morgan fingerprint density at radius 1 is 1.33 bits per heavy atom. The van der Waals surface area contributed by atoms with Gasteiger partial charge in [-0.15, -0.1) is 0 Å². The third kappa shape index (κ3) is 2.68. The summed E-state index contributed by atoms with van der Waals surface area (Å²) in [4.78, 5) is 6.67. The number of H-pyrrole nitrogens is 1. The molecule has 0 fully saturated rings. The Bertz CT molecular complexity index is 819. The molecule has 0 unspecified atom stereocenters. The molecule has 1 aromatic carbocycles. The highest BCUT2D eigenvalue weighted by Crippen LogP contribution is 2.31. The largest absolute Gasteiger partial charge is 0.416 e. The molecule has 2 heterocycles. The van der Waals surface area contributed by atoms with Crippen molar-refractivity contribution in [3.05, 3.63) is 40.8 Å². The molecule has 0 aliphatic rings. The number of fused-ring (bicyclic) bond motifs is 1. The number of aryl methyl sites for hydroxylation is 2. The summed E-state index contributed by atoms with van der Waals surface area (Å²) < 4.78 is 45.0. The molecule has 0 aliphatic carbocycles. The molecule has 0 amide bonds. The Morgan fingerprint density at radius 2 is 2.14 bits per heavy atom. The Morgan fingerprint density at radius 3 is 2.81 bits per heavy atom. The van der Waals surface area contributed by atoms with Gasteiger partial charge >= 0.3 is 6.18 Å². The third-order valence-electron chi connectivity index (χ3n) is 3.06. The Labute approximate surface area is 121 Å². The maximum atomic E-state index is 12.7. The molecular formula is C12H9F3N4OS. The van der Waals surface area contributed by atoms with Gasteiger partial charge in [0.15, 0.2) is 11.1 Å². The number of rotatable bonds is 3. The lowest BCUT2D eigenvalue weighted by Gasteiger charge is -2.07. The fraction of sp³-hybridized carbons (Fsp3) is 0.250. The zero-order valence-electron chi connectivity index (χ0n) is 10.5. The number of aromatic nitrogens is 4. The van der Waals surface area contributed by atoms with Gasteiger partial charge < -0.3 is 14.1 Å². The lowest BCUT2D eigenvalue weighted by molar-refractivity contribution is -0.137. The number of halogens is 3. The quantitative estimate of drug-likeness (QED) is 0.753. The third-order valence-corrected chi connectivity index (χ3v) is 3.38. The van der Waals surface area contributed by atoms with Crippen LogP contribution in [-0.2, 0) is 19.1 Å². The number of benzene rings is 1. The van der Waals surface area contributed by atoms with Crippen molar-refractivity contribution in [2.24, 2.45) is 0 Å². The molecule has 2 aromatic heterocycles. The highest BCUT2D eigenvalue weighted by atomic mass is 32.1. The Balaban J connectivity index is 1.96. The Hall–Kier alpha value is -2.16. The molecule has 1 N–H and O–H groups in total. The zero-order chi connectivity index (χ0) is 15.0. The van der Waals surface area contributed by atoms with Crippen molar-refractivity contribution in [3.8, 4) is 0 Å². The molecule has 0 atom stereocenters. The first-order valence-electron chi connectivity index (χ1n) is 6.00. The van der Waals surface area contributed by atoms with Crippen LogP contribution < -0.4 is 0 Å². The average Bonchev–Trinajstić information content (AvgIpc) is 3.01. The van der Waals surface area contributed by atoms with E-state index in [2.05, 4.69) is 15.1 Å². The van der Waals surface area contributed by atoms with E-state index in [9.17, 15) is 13.2 Å². The molecule has 0 radical (unpaired) electrons. The van der Waals surface area contributed by atoms with Crippen molar-refractivity contribution < 1.29 is 17.7 Å². The summed E-state index contributed by atoms with van der Waals surface area (Å²) >= 11 is 5.14. The second kappa shape index (κ2) is 4.99.